The number of ether oxygens (including phenoxy) is 1. The van der Waals surface area contributed by atoms with Crippen LogP contribution in [0, 0.1) is 5.95 Å². The normalized spacial score (nSPS) is 11.7. The SMILES string of the molecule is COc1ccc2c(F)nn(C)c2c1NS(=O)(=O)c1ccc(-n2cc(Cl)cn2)nc1. The molecule has 0 unspecified atom stereocenters. The first-order valence-electron chi connectivity index (χ1n) is 8.19. The van der Waals surface area contributed by atoms with Gasteiger partial charge in [-0.1, -0.05) is 11.6 Å². The molecule has 0 saturated carbocycles. The molecule has 0 spiro atoms. The van der Waals surface area contributed by atoms with Gasteiger partial charge in [0.05, 0.1) is 35.4 Å². The maximum absolute atomic E-state index is 14.0. The molecule has 0 bridgehead atoms. The topological polar surface area (TPSA) is 104 Å². The van der Waals surface area contributed by atoms with E-state index in [2.05, 4.69) is 19.9 Å². The van der Waals surface area contributed by atoms with Gasteiger partial charge < -0.3 is 4.74 Å². The quantitative estimate of drug-likeness (QED) is 0.516. The van der Waals surface area contributed by atoms with Gasteiger partial charge >= 0.3 is 0 Å². The van der Waals surface area contributed by atoms with Gasteiger partial charge in [0.15, 0.2) is 5.82 Å². The first kappa shape index (κ1) is 19.2. The number of nitrogens with zero attached hydrogens (tertiary/aromatic N) is 5. The third-order valence-electron chi connectivity index (χ3n) is 4.20. The number of pyridine rings is 1. The van der Waals surface area contributed by atoms with Crippen LogP contribution < -0.4 is 9.46 Å². The van der Waals surface area contributed by atoms with Crippen molar-refractivity contribution in [3.05, 3.63) is 53.8 Å². The van der Waals surface area contributed by atoms with Crippen LogP contribution in [0.1, 0.15) is 0 Å². The Hall–Kier alpha value is -3.18. The molecule has 4 aromatic rings. The Balaban J connectivity index is 1.74. The standard InChI is InChI=1S/C17H14ClFN6O3S/c1-24-16-12(17(19)22-24)4-5-13(28-2)15(16)23-29(26,27)11-3-6-14(20-8-11)25-9-10(18)7-21-25/h3-9,23H,1-2H3. The number of halogens is 2. The number of rotatable bonds is 5. The number of hydrogen-bond acceptors (Lipinski definition) is 6. The number of methoxy groups -OCH3 is 1. The summed E-state index contributed by atoms with van der Waals surface area (Å²) in [7, 11) is -1.16. The lowest BCUT2D eigenvalue weighted by atomic mass is 10.2. The molecule has 0 amide bonds. The zero-order chi connectivity index (χ0) is 20.8. The Morgan fingerprint density at radius 2 is 2.00 bits per heavy atom. The maximum atomic E-state index is 14.0. The fraction of sp³-hybridized carbons (Fsp3) is 0.118. The first-order chi connectivity index (χ1) is 13.8. The van der Waals surface area contributed by atoms with Crippen molar-refractivity contribution in [2.45, 2.75) is 4.90 Å². The number of anilines is 1. The molecule has 0 aliphatic carbocycles. The number of hydrogen-bond donors (Lipinski definition) is 1. The summed E-state index contributed by atoms with van der Waals surface area (Å²) in [5.74, 6) is -0.0985. The van der Waals surface area contributed by atoms with E-state index >= 15 is 0 Å². The first-order valence-corrected chi connectivity index (χ1v) is 10.0. The molecule has 0 aliphatic heterocycles. The van der Waals surface area contributed by atoms with Crippen LogP contribution in [-0.2, 0) is 17.1 Å². The second kappa shape index (κ2) is 7.01. The zero-order valence-electron chi connectivity index (χ0n) is 15.2. The van der Waals surface area contributed by atoms with E-state index in [0.717, 1.165) is 0 Å². The van der Waals surface area contributed by atoms with Crippen LogP contribution in [-0.4, -0.2) is 40.1 Å². The van der Waals surface area contributed by atoms with E-state index in [9.17, 15) is 12.8 Å². The molecule has 4 rings (SSSR count). The van der Waals surface area contributed by atoms with Crippen LogP contribution in [0.15, 0.2) is 47.8 Å². The van der Waals surface area contributed by atoms with E-state index in [-0.39, 0.29) is 27.2 Å². The van der Waals surface area contributed by atoms with E-state index in [4.69, 9.17) is 16.3 Å². The lowest BCUT2D eigenvalue weighted by Gasteiger charge is -2.13. The van der Waals surface area contributed by atoms with Crippen LogP contribution in [0.25, 0.3) is 16.7 Å². The highest BCUT2D eigenvalue weighted by Crippen LogP contribution is 2.35. The van der Waals surface area contributed by atoms with Gasteiger partial charge in [-0.15, -0.1) is 5.10 Å². The minimum Gasteiger partial charge on any atom is -0.494 e. The van der Waals surface area contributed by atoms with Crippen LogP contribution in [0.2, 0.25) is 5.02 Å². The Morgan fingerprint density at radius 1 is 1.21 bits per heavy atom. The molecule has 1 aromatic carbocycles. The van der Waals surface area contributed by atoms with E-state index in [1.165, 1.54) is 60.2 Å². The smallest absolute Gasteiger partial charge is 0.263 e. The molecule has 0 radical (unpaired) electrons. The highest BCUT2D eigenvalue weighted by molar-refractivity contribution is 7.92. The van der Waals surface area contributed by atoms with Crippen molar-refractivity contribution in [3.63, 3.8) is 0 Å². The fourth-order valence-corrected chi connectivity index (χ4v) is 4.02. The van der Waals surface area contributed by atoms with Gasteiger partial charge in [0.1, 0.15) is 16.3 Å². The van der Waals surface area contributed by atoms with Gasteiger partial charge in [0, 0.05) is 13.2 Å². The van der Waals surface area contributed by atoms with Crippen molar-refractivity contribution < 1.29 is 17.5 Å². The fourth-order valence-electron chi connectivity index (χ4n) is 2.87. The lowest BCUT2D eigenvalue weighted by molar-refractivity contribution is 0.417. The molecular formula is C17H14ClFN6O3S. The van der Waals surface area contributed by atoms with Gasteiger partial charge in [0.25, 0.3) is 10.0 Å². The highest BCUT2D eigenvalue weighted by Gasteiger charge is 2.22. The average molecular weight is 437 g/mol. The van der Waals surface area contributed by atoms with Gasteiger partial charge in [-0.25, -0.2) is 18.1 Å². The Kier molecular flexibility index (Phi) is 4.63. The average Bonchev–Trinajstić information content (AvgIpc) is 3.25. The molecule has 12 heteroatoms. The zero-order valence-corrected chi connectivity index (χ0v) is 16.7. The summed E-state index contributed by atoms with van der Waals surface area (Å²) in [4.78, 5) is 4.01. The van der Waals surface area contributed by atoms with Crippen LogP contribution >= 0.6 is 11.6 Å². The van der Waals surface area contributed by atoms with E-state index in [1.807, 2.05) is 0 Å². The predicted octanol–water partition coefficient (Wildman–Crippen LogP) is 2.76. The summed E-state index contributed by atoms with van der Waals surface area (Å²) in [6.07, 6.45) is 4.16. The summed E-state index contributed by atoms with van der Waals surface area (Å²) in [5.41, 5.74) is 0.327. The molecule has 9 nitrogen and oxygen atoms in total. The van der Waals surface area contributed by atoms with Crippen molar-refractivity contribution in [2.75, 3.05) is 11.8 Å². The monoisotopic (exact) mass is 436 g/mol. The van der Waals surface area contributed by atoms with Crippen molar-refractivity contribution in [1.82, 2.24) is 24.5 Å². The number of fused-ring (bicyclic) bond motifs is 1. The summed E-state index contributed by atoms with van der Waals surface area (Å²) in [6.45, 7) is 0. The molecule has 0 saturated heterocycles. The van der Waals surface area contributed by atoms with E-state index in [1.54, 1.807) is 6.20 Å². The largest absolute Gasteiger partial charge is 0.494 e. The second-order valence-corrected chi connectivity index (χ2v) is 8.13. The van der Waals surface area contributed by atoms with Crippen molar-refractivity contribution in [2.24, 2.45) is 7.05 Å². The minimum atomic E-state index is -4.05. The summed E-state index contributed by atoms with van der Waals surface area (Å²) in [5, 5.41) is 8.30. The van der Waals surface area contributed by atoms with Gasteiger partial charge in [-0.2, -0.15) is 9.49 Å². The Labute approximate surface area is 169 Å². The molecule has 1 N–H and O–H groups in total. The summed E-state index contributed by atoms with van der Waals surface area (Å²) in [6, 6.07) is 5.80. The Morgan fingerprint density at radius 3 is 2.62 bits per heavy atom. The van der Waals surface area contributed by atoms with Crippen LogP contribution in [0.4, 0.5) is 10.1 Å². The van der Waals surface area contributed by atoms with Crippen LogP contribution in [0.3, 0.4) is 0 Å². The molecule has 0 atom stereocenters. The van der Waals surface area contributed by atoms with Gasteiger partial charge in [0.2, 0.25) is 5.95 Å². The molecule has 0 fully saturated rings. The van der Waals surface area contributed by atoms with Gasteiger partial charge in [-0.05, 0) is 24.3 Å². The maximum Gasteiger partial charge on any atom is 0.263 e. The number of nitrogens with one attached hydrogen (secondary N) is 1. The van der Waals surface area contributed by atoms with Crippen molar-refractivity contribution >= 4 is 38.2 Å². The summed E-state index contributed by atoms with van der Waals surface area (Å²) < 4.78 is 50.2. The predicted molar refractivity (Wildman–Crippen MR) is 104 cm³/mol. The summed E-state index contributed by atoms with van der Waals surface area (Å²) >= 11 is 5.83. The van der Waals surface area contributed by atoms with E-state index in [0.29, 0.717) is 10.8 Å². The third-order valence-corrected chi connectivity index (χ3v) is 5.73. The molecule has 3 aromatic heterocycles. The minimum absolute atomic E-state index is 0.0758. The molecule has 3 heterocycles. The van der Waals surface area contributed by atoms with E-state index < -0.39 is 16.0 Å². The molecule has 0 aliphatic rings. The third kappa shape index (κ3) is 3.38. The Bertz CT molecular complexity index is 1320. The van der Waals surface area contributed by atoms with Crippen molar-refractivity contribution in [3.8, 4) is 11.6 Å². The van der Waals surface area contributed by atoms with Gasteiger partial charge in [-0.3, -0.25) is 9.40 Å². The number of aromatic nitrogens is 5. The number of benzene rings is 1. The molecule has 150 valence electrons. The number of aryl methyl sites for hydroxylation is 1. The molecule has 29 heavy (non-hydrogen) atoms. The second-order valence-electron chi connectivity index (χ2n) is 6.01. The van der Waals surface area contributed by atoms with Crippen molar-refractivity contribution in [1.29, 1.82) is 0 Å². The number of sulfonamides is 1. The lowest BCUT2D eigenvalue weighted by Crippen LogP contribution is -2.15. The highest BCUT2D eigenvalue weighted by atomic mass is 35.5. The van der Waals surface area contributed by atoms with Crippen LogP contribution in [0.5, 0.6) is 5.75 Å². The molecular weight excluding hydrogens is 423 g/mol.